The zero-order chi connectivity index (χ0) is 3.58. The van der Waals surface area contributed by atoms with Gasteiger partial charge in [-0.25, -0.2) is 0 Å². The summed E-state index contributed by atoms with van der Waals surface area (Å²) in [5, 5.41) is 16.1. The van der Waals surface area contributed by atoms with E-state index in [1.54, 1.807) is 0 Å². The van der Waals surface area contributed by atoms with Crippen molar-refractivity contribution in [2.24, 2.45) is 5.73 Å². The molecule has 25 valence electrons. The first kappa shape index (κ1) is 3.88. The van der Waals surface area contributed by atoms with Gasteiger partial charge in [0.1, 0.15) is 0 Å². The van der Waals surface area contributed by atoms with E-state index in [1.165, 1.54) is 0 Å². The molecule has 1 atom stereocenters. The molecule has 1 radical (unpaired) electrons. The maximum absolute atomic E-state index is 8.86. The van der Waals surface area contributed by atoms with E-state index in [0.717, 1.165) is 0 Å². The molecular weight excluding hydrogens is 58.0 g/mol. The molecule has 0 bridgehead atoms. The van der Waals surface area contributed by atoms with Crippen LogP contribution in [0.4, 0.5) is 0 Å². The van der Waals surface area contributed by atoms with E-state index in [4.69, 9.17) is 10.2 Å². The first-order valence-electron chi connectivity index (χ1n) is 0.827. The van der Waals surface area contributed by atoms with Crippen LogP contribution in [0.15, 0.2) is 0 Å². The van der Waals surface area contributed by atoms with Crippen LogP contribution in [-0.4, -0.2) is 11.5 Å². The molecule has 3 nitrogen and oxygen atoms in total. The molecule has 0 fully saturated rings. The van der Waals surface area contributed by atoms with Crippen molar-refractivity contribution in [1.29, 1.82) is 0 Å². The molecule has 3 N–H and O–H groups in total. The third-order valence-electron chi connectivity index (χ3n) is 0. The lowest BCUT2D eigenvalue weighted by atomic mass is 11.2. The maximum Gasteiger partial charge on any atom is 0.242 e. The van der Waals surface area contributed by atoms with Crippen molar-refractivity contribution < 1.29 is 10.2 Å². The third kappa shape index (κ3) is 101. The van der Waals surface area contributed by atoms with Crippen molar-refractivity contribution in [2.45, 2.75) is 6.41 Å². The second-order valence-corrected chi connectivity index (χ2v) is 0.391. The van der Waals surface area contributed by atoms with E-state index >= 15 is 0 Å². The van der Waals surface area contributed by atoms with Gasteiger partial charge < -0.3 is 5.11 Å². The SMILES string of the molecule is NC([O])O. The van der Waals surface area contributed by atoms with Gasteiger partial charge in [-0.05, 0) is 0 Å². The Hall–Kier alpha value is -0.120. The first-order valence-corrected chi connectivity index (χ1v) is 0.827. The smallest absolute Gasteiger partial charge is 0.242 e. The topological polar surface area (TPSA) is 66.2 Å². The molecule has 0 heterocycles. The fourth-order valence-electron chi connectivity index (χ4n) is 0. The number of nitrogens with two attached hydrogens (primary N) is 1. The molecule has 0 aromatic heterocycles. The van der Waals surface area contributed by atoms with Crippen molar-refractivity contribution in [1.82, 2.24) is 0 Å². The van der Waals surface area contributed by atoms with Gasteiger partial charge in [-0.3, -0.25) is 5.73 Å². The van der Waals surface area contributed by atoms with Crippen LogP contribution in [0.3, 0.4) is 0 Å². The lowest BCUT2D eigenvalue weighted by Gasteiger charge is -1.77. The summed E-state index contributed by atoms with van der Waals surface area (Å²) in [5.41, 5.74) is 4.11. The van der Waals surface area contributed by atoms with E-state index in [-0.39, 0.29) is 0 Å². The summed E-state index contributed by atoms with van der Waals surface area (Å²) in [6, 6.07) is 0. The normalized spacial score (nSPS) is 9.00. The molecule has 0 aliphatic carbocycles. The van der Waals surface area contributed by atoms with Crippen molar-refractivity contribution in [2.75, 3.05) is 0 Å². The predicted octanol–water partition coefficient (Wildman–Crippen LogP) is -1.35. The summed E-state index contributed by atoms with van der Waals surface area (Å²) in [4.78, 5) is 0. The Balaban J connectivity index is 2.32. The van der Waals surface area contributed by atoms with Crippen LogP contribution in [0.1, 0.15) is 0 Å². The van der Waals surface area contributed by atoms with E-state index in [9.17, 15) is 0 Å². The summed E-state index contributed by atoms with van der Waals surface area (Å²) in [6.07, 6.45) is -1.92. The minimum absolute atomic E-state index is 1.92. The zero-order valence-corrected chi connectivity index (χ0v) is 2.01. The summed E-state index contributed by atoms with van der Waals surface area (Å²) in [5.74, 6) is 0. The summed E-state index contributed by atoms with van der Waals surface area (Å²) >= 11 is 0. The number of rotatable bonds is 0. The van der Waals surface area contributed by atoms with Crippen molar-refractivity contribution >= 4 is 0 Å². The van der Waals surface area contributed by atoms with Crippen LogP contribution >= 0.6 is 0 Å². The van der Waals surface area contributed by atoms with Gasteiger partial charge in [0.05, 0.1) is 0 Å². The van der Waals surface area contributed by atoms with Gasteiger partial charge in [0.2, 0.25) is 6.41 Å². The molecule has 0 spiro atoms. The van der Waals surface area contributed by atoms with Crippen molar-refractivity contribution in [3.8, 4) is 0 Å². The van der Waals surface area contributed by atoms with Gasteiger partial charge in [0.25, 0.3) is 0 Å². The molecule has 3 heteroatoms. The molecule has 4 heavy (non-hydrogen) atoms. The number of aliphatic hydroxyl groups is 1. The summed E-state index contributed by atoms with van der Waals surface area (Å²) in [7, 11) is 0. The van der Waals surface area contributed by atoms with Gasteiger partial charge >= 0.3 is 0 Å². The second kappa shape index (κ2) is 1.23. The van der Waals surface area contributed by atoms with Gasteiger partial charge in [0, 0.05) is 0 Å². The standard InChI is InChI=1S/CH4NO2/c2-1(3)4/h1,3H,2H2. The minimum atomic E-state index is -1.92. The Morgan fingerprint density at radius 3 is 2.00 bits per heavy atom. The molecule has 0 saturated heterocycles. The number of hydrogen-bond acceptors (Lipinski definition) is 2. The Morgan fingerprint density at radius 2 is 2.00 bits per heavy atom. The monoisotopic (exact) mass is 62.0 g/mol. The molecule has 0 aliphatic heterocycles. The Kier molecular flexibility index (Phi) is 1.19. The third-order valence-corrected chi connectivity index (χ3v) is 0. The van der Waals surface area contributed by atoms with E-state index < -0.39 is 6.41 Å². The Bertz CT molecular complexity index is 10.8. The maximum atomic E-state index is 8.86. The highest BCUT2D eigenvalue weighted by Gasteiger charge is 1.74. The average molecular weight is 62.0 g/mol. The van der Waals surface area contributed by atoms with E-state index in [2.05, 4.69) is 5.73 Å². The predicted molar refractivity (Wildman–Crippen MR) is 10.9 cm³/mol. The van der Waals surface area contributed by atoms with E-state index in [1.807, 2.05) is 0 Å². The molecule has 0 aromatic rings. The minimum Gasteiger partial charge on any atom is -0.354 e. The van der Waals surface area contributed by atoms with E-state index in [0.29, 0.717) is 0 Å². The van der Waals surface area contributed by atoms with Gasteiger partial charge in [0.15, 0.2) is 0 Å². The second-order valence-electron chi connectivity index (χ2n) is 0.391. The number of hydrogen-bond donors (Lipinski definition) is 2. The summed E-state index contributed by atoms with van der Waals surface area (Å²) < 4.78 is 0. The lowest BCUT2D eigenvalue weighted by Crippen LogP contribution is -2.14. The van der Waals surface area contributed by atoms with Crippen LogP contribution in [0.25, 0.3) is 0 Å². The average Bonchev–Trinajstić information content (AvgIpc) is 0.811. The van der Waals surface area contributed by atoms with Gasteiger partial charge in [-0.2, -0.15) is 5.11 Å². The molecule has 0 amide bonds. The molecule has 0 rings (SSSR count). The van der Waals surface area contributed by atoms with Gasteiger partial charge in [-0.1, -0.05) is 0 Å². The molecule has 0 aliphatic rings. The molecular formula is CH4NO2. The Labute approximate surface area is 23.7 Å². The highest BCUT2D eigenvalue weighted by Crippen LogP contribution is 1.43. The van der Waals surface area contributed by atoms with Gasteiger partial charge in [-0.15, -0.1) is 0 Å². The fraction of sp³-hybridized carbons (Fsp3) is 1.00. The van der Waals surface area contributed by atoms with Crippen LogP contribution in [0, 0.1) is 0 Å². The quantitative estimate of drug-likeness (QED) is 0.341. The first-order chi connectivity index (χ1) is 1.73. The van der Waals surface area contributed by atoms with Crippen LogP contribution in [0.5, 0.6) is 0 Å². The molecule has 0 aromatic carbocycles. The van der Waals surface area contributed by atoms with Crippen LogP contribution < -0.4 is 5.73 Å². The number of aliphatic hydroxyl groups excluding tert-OH is 1. The summed E-state index contributed by atoms with van der Waals surface area (Å²) in [6.45, 7) is 0. The highest BCUT2D eigenvalue weighted by atomic mass is 16.5. The van der Waals surface area contributed by atoms with Crippen LogP contribution in [0.2, 0.25) is 0 Å². The molecule has 1 unspecified atom stereocenters. The molecule has 0 saturated carbocycles. The van der Waals surface area contributed by atoms with Crippen molar-refractivity contribution in [3.63, 3.8) is 0 Å². The largest absolute Gasteiger partial charge is 0.354 e. The Morgan fingerprint density at radius 1 is 2.00 bits per heavy atom. The zero-order valence-electron chi connectivity index (χ0n) is 2.01. The fourth-order valence-corrected chi connectivity index (χ4v) is 0. The highest BCUT2D eigenvalue weighted by molar-refractivity contribution is 3.95. The van der Waals surface area contributed by atoms with Crippen LogP contribution in [-0.2, 0) is 5.11 Å². The lowest BCUT2D eigenvalue weighted by molar-refractivity contribution is -0.0854. The van der Waals surface area contributed by atoms with Crippen molar-refractivity contribution in [3.05, 3.63) is 0 Å².